The molecule has 0 radical (unpaired) electrons. The molecule has 0 aromatic rings. The van der Waals surface area contributed by atoms with E-state index in [1.807, 2.05) is 13.8 Å². The van der Waals surface area contributed by atoms with Crippen molar-refractivity contribution in [3.63, 3.8) is 0 Å². The molecule has 0 saturated carbocycles. The number of hydrogen-bond donors (Lipinski definition) is 0. The van der Waals surface area contributed by atoms with Gasteiger partial charge in [0, 0.05) is 0 Å². The van der Waals surface area contributed by atoms with Gasteiger partial charge in [0.05, 0.1) is 8.41 Å². The topological polar surface area (TPSA) is 23.1 Å². The van der Waals surface area contributed by atoms with Gasteiger partial charge in [0.1, 0.15) is 0 Å². The van der Waals surface area contributed by atoms with Gasteiger partial charge in [0.2, 0.25) is 0 Å². The molecule has 0 bridgehead atoms. The minimum absolute atomic E-state index is 0. The quantitative estimate of drug-likeness (QED) is 0.314. The van der Waals surface area contributed by atoms with Crippen LogP contribution in [-0.2, 0) is 0 Å². The monoisotopic (exact) mass is 110 g/mol. The van der Waals surface area contributed by atoms with Crippen LogP contribution in [0, 0.1) is 5.92 Å². The van der Waals surface area contributed by atoms with E-state index < -0.39 is 0 Å². The van der Waals surface area contributed by atoms with Crippen LogP contribution < -0.4 is 34.7 Å². The first-order chi connectivity index (χ1) is 2.27. The van der Waals surface area contributed by atoms with Gasteiger partial charge < -0.3 is 5.11 Å². The summed E-state index contributed by atoms with van der Waals surface area (Å²) in [6.45, 7) is 3.88. The molecule has 0 aliphatic carbocycles. The number of rotatable bonds is 1. The Bertz CT molecular complexity index is 25.7. The van der Waals surface area contributed by atoms with Gasteiger partial charge in [0.15, 0.2) is 0 Å². The molecule has 0 aromatic carbocycles. The molecule has 0 fully saturated rings. The molecule has 7 heavy (non-hydrogen) atoms. The maximum atomic E-state index is 9.63. The molecule has 0 spiro atoms. The Balaban J connectivity index is -0.0000000800. The minimum Gasteiger partial charge on any atom is -0.854 e. The summed E-state index contributed by atoms with van der Waals surface area (Å²) in [6, 6.07) is 0. The van der Waals surface area contributed by atoms with Gasteiger partial charge in [-0.25, -0.2) is 0 Å². The maximum absolute atomic E-state index is 9.63. The van der Waals surface area contributed by atoms with Crippen molar-refractivity contribution in [2.45, 2.75) is 13.8 Å². The van der Waals surface area contributed by atoms with Crippen LogP contribution in [0.5, 0.6) is 0 Å². The van der Waals surface area contributed by atoms with Gasteiger partial charge in [-0.15, -0.1) is 6.61 Å². The van der Waals surface area contributed by atoms with Gasteiger partial charge >= 0.3 is 29.6 Å². The summed E-state index contributed by atoms with van der Waals surface area (Å²) in [4.78, 5) is 0. The van der Waals surface area contributed by atoms with Crippen molar-refractivity contribution in [2.24, 2.45) is 5.92 Å². The summed E-state index contributed by atoms with van der Waals surface area (Å²) in [7, 11) is 0. The fraction of sp³-hybridized carbons (Fsp3) is 1.00. The van der Waals surface area contributed by atoms with Crippen molar-refractivity contribution in [1.29, 1.82) is 0 Å². The Morgan fingerprint density at radius 1 is 1.43 bits per heavy atom. The molecule has 38 valence electrons. The van der Waals surface area contributed by atoms with Crippen LogP contribution >= 0.6 is 0 Å². The largest absolute Gasteiger partial charge is 1.00 e. The van der Waals surface area contributed by atoms with Gasteiger partial charge in [-0.05, 0) is 0 Å². The Morgan fingerprint density at radius 2 is 1.57 bits per heavy atom. The van der Waals surface area contributed by atoms with Crippen molar-refractivity contribution >= 4 is 8.41 Å². The van der Waals surface area contributed by atoms with Crippen molar-refractivity contribution in [1.82, 2.24) is 0 Å². The van der Waals surface area contributed by atoms with Gasteiger partial charge in [-0.3, -0.25) is 0 Å². The van der Waals surface area contributed by atoms with E-state index in [9.17, 15) is 5.11 Å². The van der Waals surface area contributed by atoms with E-state index in [2.05, 4.69) is 0 Å². The Labute approximate surface area is 69.4 Å². The normalized spacial score (nSPS) is 6.86. The second-order valence-corrected chi connectivity index (χ2v) is 1.56. The van der Waals surface area contributed by atoms with E-state index in [0.29, 0.717) is 5.92 Å². The molecule has 0 aliphatic rings. The maximum Gasteiger partial charge on any atom is 1.00 e. The Kier molecular flexibility index (Phi) is 22.6. The molecule has 0 aliphatic heterocycles. The van der Waals surface area contributed by atoms with E-state index in [0.717, 1.165) is 0 Å². The van der Waals surface area contributed by atoms with Gasteiger partial charge in [-0.2, -0.15) is 0 Å². The Hall–Kier alpha value is 1.02. The van der Waals surface area contributed by atoms with Crippen LogP contribution in [0.4, 0.5) is 0 Å². The molecular formula is C4H12BNaO. The Morgan fingerprint density at radius 3 is 1.57 bits per heavy atom. The molecule has 0 aromatic heterocycles. The van der Waals surface area contributed by atoms with Crippen molar-refractivity contribution in [3.8, 4) is 0 Å². The van der Waals surface area contributed by atoms with E-state index in [4.69, 9.17) is 0 Å². The SMILES string of the molecule is B.CC(C)C[O-].[Na+]. The molecule has 0 amide bonds. The second-order valence-electron chi connectivity index (χ2n) is 1.56. The molecule has 0 heterocycles. The molecule has 1 nitrogen and oxygen atoms in total. The smallest absolute Gasteiger partial charge is 0.854 e. The van der Waals surface area contributed by atoms with Crippen LogP contribution in [0.1, 0.15) is 13.8 Å². The van der Waals surface area contributed by atoms with Crippen molar-refractivity contribution < 1.29 is 34.7 Å². The predicted octanol–water partition coefficient (Wildman–Crippen LogP) is -4.18. The third-order valence-corrected chi connectivity index (χ3v) is 0.333. The summed E-state index contributed by atoms with van der Waals surface area (Å²) >= 11 is 0. The molecular weight excluding hydrogens is 97.8 g/mol. The molecule has 0 unspecified atom stereocenters. The third-order valence-electron chi connectivity index (χ3n) is 0.333. The summed E-state index contributed by atoms with van der Waals surface area (Å²) in [5, 5.41) is 9.63. The van der Waals surface area contributed by atoms with E-state index in [1.165, 1.54) is 0 Å². The second kappa shape index (κ2) is 10.1. The predicted molar refractivity (Wildman–Crippen MR) is 29.6 cm³/mol. The molecule has 0 atom stereocenters. The zero-order valence-electron chi connectivity index (χ0n) is 4.69. The first-order valence-corrected chi connectivity index (χ1v) is 1.85. The fourth-order valence-corrected chi connectivity index (χ4v) is 0. The number of hydrogen-bond acceptors (Lipinski definition) is 1. The zero-order chi connectivity index (χ0) is 4.28. The first-order valence-electron chi connectivity index (χ1n) is 1.85. The van der Waals surface area contributed by atoms with Crippen LogP contribution in [0.2, 0.25) is 0 Å². The third kappa shape index (κ3) is 19.4. The summed E-state index contributed by atoms with van der Waals surface area (Å²) in [6.07, 6.45) is 0. The molecule has 0 rings (SSSR count). The molecule has 0 N–H and O–H groups in total. The average molecular weight is 110 g/mol. The van der Waals surface area contributed by atoms with Crippen molar-refractivity contribution in [2.75, 3.05) is 6.61 Å². The van der Waals surface area contributed by atoms with E-state index in [1.54, 1.807) is 0 Å². The minimum atomic E-state index is 0. The standard InChI is InChI=1S/C4H9O.BH3.Na/c1-4(2)3-5;;/h4H,3H2,1-2H3;1H3;/q-1;;+1. The molecule has 0 saturated heterocycles. The van der Waals surface area contributed by atoms with Crippen molar-refractivity contribution in [3.05, 3.63) is 0 Å². The van der Waals surface area contributed by atoms with E-state index in [-0.39, 0.29) is 44.6 Å². The zero-order valence-corrected chi connectivity index (χ0v) is 6.69. The van der Waals surface area contributed by atoms with Crippen LogP contribution in [0.3, 0.4) is 0 Å². The summed E-state index contributed by atoms with van der Waals surface area (Å²) in [5.41, 5.74) is 0. The van der Waals surface area contributed by atoms with Crippen LogP contribution in [0.25, 0.3) is 0 Å². The van der Waals surface area contributed by atoms with E-state index >= 15 is 0 Å². The average Bonchev–Trinajstić information content (AvgIpc) is 1.38. The first kappa shape index (κ1) is 15.7. The summed E-state index contributed by atoms with van der Waals surface area (Å²) in [5.74, 6) is 0.329. The van der Waals surface area contributed by atoms with Crippen LogP contribution in [0.15, 0.2) is 0 Å². The van der Waals surface area contributed by atoms with Crippen LogP contribution in [-0.4, -0.2) is 15.0 Å². The molecule has 3 heteroatoms. The van der Waals surface area contributed by atoms with Gasteiger partial charge in [-0.1, -0.05) is 19.8 Å². The van der Waals surface area contributed by atoms with Gasteiger partial charge in [0.25, 0.3) is 0 Å². The fourth-order valence-electron chi connectivity index (χ4n) is 0. The summed E-state index contributed by atoms with van der Waals surface area (Å²) < 4.78 is 0.